The lowest BCUT2D eigenvalue weighted by molar-refractivity contribution is 0.0781. The lowest BCUT2D eigenvalue weighted by Gasteiger charge is -2.17. The van der Waals surface area contributed by atoms with Crippen LogP contribution < -0.4 is 0 Å². The highest BCUT2D eigenvalue weighted by molar-refractivity contribution is 9.11. The van der Waals surface area contributed by atoms with Crippen LogP contribution in [0.4, 0.5) is 0 Å². The van der Waals surface area contributed by atoms with E-state index in [9.17, 15) is 4.79 Å². The first-order valence-electron chi connectivity index (χ1n) is 4.60. The van der Waals surface area contributed by atoms with E-state index in [1.165, 1.54) is 11.3 Å². The first-order valence-corrected chi connectivity index (χ1v) is 6.21. The Hall–Kier alpha value is -0.860. The maximum Gasteiger partial charge on any atom is 0.264 e. The number of rotatable bonds is 4. The summed E-state index contributed by atoms with van der Waals surface area (Å²) in [6.07, 6.45) is 0.861. The fourth-order valence-electron chi connectivity index (χ4n) is 1.19. The van der Waals surface area contributed by atoms with Crippen LogP contribution in [0.1, 0.15) is 23.0 Å². The van der Waals surface area contributed by atoms with Crippen molar-refractivity contribution in [3.63, 3.8) is 0 Å². The summed E-state index contributed by atoms with van der Waals surface area (Å²) in [6, 6.07) is 5.62. The number of nitrogens with zero attached hydrogens (tertiary/aromatic N) is 2. The molecule has 1 aromatic heterocycles. The van der Waals surface area contributed by atoms with Crippen molar-refractivity contribution in [2.75, 3.05) is 13.1 Å². The highest BCUT2D eigenvalue weighted by Crippen LogP contribution is 2.23. The van der Waals surface area contributed by atoms with Crippen LogP contribution in [0, 0.1) is 11.3 Å². The van der Waals surface area contributed by atoms with Gasteiger partial charge in [0.2, 0.25) is 0 Å². The molecule has 5 heteroatoms. The van der Waals surface area contributed by atoms with Crippen molar-refractivity contribution in [2.24, 2.45) is 0 Å². The van der Waals surface area contributed by atoms with Gasteiger partial charge in [-0.1, -0.05) is 6.92 Å². The van der Waals surface area contributed by atoms with Crippen molar-refractivity contribution in [1.29, 1.82) is 5.26 Å². The van der Waals surface area contributed by atoms with Crippen molar-refractivity contribution in [3.05, 3.63) is 20.8 Å². The minimum Gasteiger partial charge on any atom is -0.325 e. The van der Waals surface area contributed by atoms with Crippen molar-refractivity contribution < 1.29 is 4.79 Å². The molecule has 0 aliphatic rings. The average molecular weight is 287 g/mol. The average Bonchev–Trinajstić information content (AvgIpc) is 2.63. The molecule has 0 saturated heterocycles. The summed E-state index contributed by atoms with van der Waals surface area (Å²) >= 11 is 4.70. The number of carbonyl (C=O) groups is 1. The van der Waals surface area contributed by atoms with Gasteiger partial charge in [-0.2, -0.15) is 5.26 Å². The maximum absolute atomic E-state index is 11.9. The summed E-state index contributed by atoms with van der Waals surface area (Å²) in [5.41, 5.74) is 0. The van der Waals surface area contributed by atoms with Crippen LogP contribution in [-0.2, 0) is 0 Å². The third-order valence-electron chi connectivity index (χ3n) is 1.83. The lowest BCUT2D eigenvalue weighted by atomic mass is 10.3. The summed E-state index contributed by atoms with van der Waals surface area (Å²) in [5.74, 6) is -0.0610. The number of amides is 1. The Morgan fingerprint density at radius 2 is 2.40 bits per heavy atom. The molecule has 0 N–H and O–H groups in total. The Balaban J connectivity index is 2.76. The Labute approximate surface area is 101 Å². The molecule has 3 nitrogen and oxygen atoms in total. The Morgan fingerprint density at radius 3 is 2.87 bits per heavy atom. The lowest BCUT2D eigenvalue weighted by Crippen LogP contribution is -2.31. The second kappa shape index (κ2) is 5.89. The van der Waals surface area contributed by atoms with Crippen LogP contribution in [0.2, 0.25) is 0 Å². The summed E-state index contributed by atoms with van der Waals surface area (Å²) in [7, 11) is 0. The molecule has 0 spiro atoms. The predicted molar refractivity (Wildman–Crippen MR) is 63.8 cm³/mol. The van der Waals surface area contributed by atoms with Crippen molar-refractivity contribution in [2.45, 2.75) is 13.3 Å². The number of hydrogen-bond acceptors (Lipinski definition) is 3. The van der Waals surface area contributed by atoms with E-state index in [4.69, 9.17) is 5.26 Å². The second-order valence-electron chi connectivity index (χ2n) is 2.99. The number of nitriles is 1. The zero-order valence-electron chi connectivity index (χ0n) is 8.36. The van der Waals surface area contributed by atoms with Gasteiger partial charge in [0.25, 0.3) is 5.91 Å². The second-order valence-corrected chi connectivity index (χ2v) is 5.45. The summed E-state index contributed by atoms with van der Waals surface area (Å²) in [4.78, 5) is 14.1. The van der Waals surface area contributed by atoms with Gasteiger partial charge in [0, 0.05) is 6.54 Å². The van der Waals surface area contributed by atoms with Crippen LogP contribution in [0.3, 0.4) is 0 Å². The highest BCUT2D eigenvalue weighted by atomic mass is 79.9. The molecule has 0 aromatic carbocycles. The molecule has 15 heavy (non-hydrogen) atoms. The minimum atomic E-state index is -0.0610. The Bertz CT molecular complexity index is 383. The molecule has 0 fully saturated rings. The maximum atomic E-state index is 11.9. The van der Waals surface area contributed by atoms with E-state index in [0.717, 1.165) is 10.2 Å². The van der Waals surface area contributed by atoms with Gasteiger partial charge < -0.3 is 4.90 Å². The molecular weight excluding hydrogens is 276 g/mol. The zero-order valence-corrected chi connectivity index (χ0v) is 10.8. The quantitative estimate of drug-likeness (QED) is 0.799. The molecule has 0 aliphatic heterocycles. The van der Waals surface area contributed by atoms with Gasteiger partial charge in [0.15, 0.2) is 0 Å². The van der Waals surface area contributed by atoms with Crippen LogP contribution in [0.5, 0.6) is 0 Å². The summed E-state index contributed by atoms with van der Waals surface area (Å²) < 4.78 is 0.930. The van der Waals surface area contributed by atoms with E-state index < -0.39 is 0 Å². The third kappa shape index (κ3) is 3.33. The van der Waals surface area contributed by atoms with Crippen LogP contribution in [0.25, 0.3) is 0 Å². The molecule has 1 rings (SSSR count). The van der Waals surface area contributed by atoms with E-state index in [0.29, 0.717) is 11.4 Å². The van der Waals surface area contributed by atoms with Gasteiger partial charge in [0.1, 0.15) is 6.54 Å². The van der Waals surface area contributed by atoms with Crippen molar-refractivity contribution >= 4 is 33.2 Å². The highest BCUT2D eigenvalue weighted by Gasteiger charge is 2.16. The molecule has 1 heterocycles. The predicted octanol–water partition coefficient (Wildman–Crippen LogP) is 2.89. The Morgan fingerprint density at radius 1 is 1.67 bits per heavy atom. The topological polar surface area (TPSA) is 44.1 Å². The first-order chi connectivity index (χ1) is 7.19. The van der Waals surface area contributed by atoms with E-state index in [2.05, 4.69) is 15.9 Å². The van der Waals surface area contributed by atoms with Gasteiger partial charge in [-0.05, 0) is 34.5 Å². The van der Waals surface area contributed by atoms with Gasteiger partial charge in [-0.15, -0.1) is 11.3 Å². The molecule has 1 amide bonds. The largest absolute Gasteiger partial charge is 0.325 e. The fraction of sp³-hybridized carbons (Fsp3) is 0.400. The summed E-state index contributed by atoms with van der Waals surface area (Å²) in [5, 5.41) is 8.61. The molecular formula is C10H11BrN2OS. The third-order valence-corrected chi connectivity index (χ3v) is 3.44. The molecule has 0 radical (unpaired) electrons. The molecule has 1 aromatic rings. The zero-order chi connectivity index (χ0) is 11.3. The number of hydrogen-bond donors (Lipinski definition) is 0. The van der Waals surface area contributed by atoms with Gasteiger partial charge >= 0.3 is 0 Å². The number of carbonyl (C=O) groups excluding carboxylic acids is 1. The van der Waals surface area contributed by atoms with Crippen molar-refractivity contribution in [3.8, 4) is 6.07 Å². The number of thiophene rings is 1. The molecule has 0 saturated carbocycles. The first kappa shape index (κ1) is 12.2. The Kier molecular flexibility index (Phi) is 4.79. The number of halogens is 1. The van der Waals surface area contributed by atoms with E-state index >= 15 is 0 Å². The van der Waals surface area contributed by atoms with Crippen molar-refractivity contribution in [1.82, 2.24) is 4.90 Å². The standard InChI is InChI=1S/C10H11BrN2OS/c1-2-6-13(7-5-12)10(14)8-3-4-9(11)15-8/h3-4H,2,6-7H2,1H3. The molecule has 0 atom stereocenters. The van der Waals surface area contributed by atoms with Crippen LogP contribution >= 0.6 is 27.3 Å². The van der Waals surface area contributed by atoms with E-state index in [-0.39, 0.29) is 12.5 Å². The fourth-order valence-corrected chi connectivity index (χ4v) is 2.55. The summed E-state index contributed by atoms with van der Waals surface area (Å²) in [6.45, 7) is 2.77. The smallest absolute Gasteiger partial charge is 0.264 e. The van der Waals surface area contributed by atoms with E-state index in [1.54, 1.807) is 11.0 Å². The SMILES string of the molecule is CCCN(CC#N)C(=O)c1ccc(Br)s1. The van der Waals surface area contributed by atoms with Crippen LogP contribution in [-0.4, -0.2) is 23.9 Å². The molecule has 80 valence electrons. The van der Waals surface area contributed by atoms with Gasteiger partial charge in [0.05, 0.1) is 14.7 Å². The monoisotopic (exact) mass is 286 g/mol. The van der Waals surface area contributed by atoms with Crippen LogP contribution in [0.15, 0.2) is 15.9 Å². The molecule has 0 bridgehead atoms. The molecule has 0 aliphatic carbocycles. The van der Waals surface area contributed by atoms with Gasteiger partial charge in [-0.25, -0.2) is 0 Å². The van der Waals surface area contributed by atoms with E-state index in [1.807, 2.05) is 19.1 Å². The normalized spacial score (nSPS) is 9.67. The molecule has 0 unspecified atom stereocenters. The minimum absolute atomic E-state index is 0.0610. The van der Waals surface area contributed by atoms with Gasteiger partial charge in [-0.3, -0.25) is 4.79 Å².